The van der Waals surface area contributed by atoms with Crippen LogP contribution in [0.3, 0.4) is 0 Å². The minimum atomic E-state index is -2.84. The van der Waals surface area contributed by atoms with Crippen molar-refractivity contribution in [3.05, 3.63) is 59.1 Å². The van der Waals surface area contributed by atoms with E-state index in [1.807, 2.05) is 43.3 Å². The van der Waals surface area contributed by atoms with Crippen LogP contribution < -0.4 is 15.4 Å². The SMILES string of the molecule is CN(C)[C@H](CNC(=S)Nc1ccc(OC(F)F)cc1)c1ccccc1Cl. The first-order valence-corrected chi connectivity index (χ1v) is 8.66. The minimum Gasteiger partial charge on any atom is -0.435 e. The summed E-state index contributed by atoms with van der Waals surface area (Å²) in [7, 11) is 3.93. The number of anilines is 1. The number of hydrogen-bond donors (Lipinski definition) is 2. The van der Waals surface area contributed by atoms with Gasteiger partial charge in [0, 0.05) is 17.3 Å². The Labute approximate surface area is 162 Å². The normalized spacial score (nSPS) is 12.1. The molecule has 140 valence electrons. The van der Waals surface area contributed by atoms with E-state index in [4.69, 9.17) is 23.8 Å². The van der Waals surface area contributed by atoms with Gasteiger partial charge in [0.05, 0.1) is 6.04 Å². The van der Waals surface area contributed by atoms with Crippen molar-refractivity contribution in [3.8, 4) is 5.75 Å². The molecule has 0 fully saturated rings. The Morgan fingerprint density at radius 1 is 1.15 bits per heavy atom. The summed E-state index contributed by atoms with van der Waals surface area (Å²) in [5.41, 5.74) is 1.67. The number of hydrogen-bond acceptors (Lipinski definition) is 3. The van der Waals surface area contributed by atoms with E-state index in [0.717, 1.165) is 5.56 Å². The molecular weight excluding hydrogens is 380 g/mol. The fourth-order valence-electron chi connectivity index (χ4n) is 2.40. The summed E-state index contributed by atoms with van der Waals surface area (Å²) in [6, 6.07) is 13.8. The molecule has 26 heavy (non-hydrogen) atoms. The first-order chi connectivity index (χ1) is 12.4. The molecule has 2 N–H and O–H groups in total. The highest BCUT2D eigenvalue weighted by molar-refractivity contribution is 7.80. The van der Waals surface area contributed by atoms with E-state index in [2.05, 4.69) is 15.4 Å². The number of nitrogens with zero attached hydrogens (tertiary/aromatic N) is 1. The molecule has 2 aromatic carbocycles. The Morgan fingerprint density at radius 2 is 1.81 bits per heavy atom. The zero-order chi connectivity index (χ0) is 19.1. The van der Waals surface area contributed by atoms with Crippen molar-refractivity contribution in [2.24, 2.45) is 0 Å². The van der Waals surface area contributed by atoms with E-state index in [-0.39, 0.29) is 11.8 Å². The molecule has 0 spiro atoms. The molecule has 0 radical (unpaired) electrons. The molecule has 0 aliphatic rings. The molecule has 0 heterocycles. The third-order valence-corrected chi connectivity index (χ3v) is 4.27. The number of halogens is 3. The van der Waals surface area contributed by atoms with Gasteiger partial charge in [-0.2, -0.15) is 8.78 Å². The summed E-state index contributed by atoms with van der Waals surface area (Å²) in [5, 5.41) is 7.28. The maximum Gasteiger partial charge on any atom is 0.387 e. The van der Waals surface area contributed by atoms with Crippen LogP contribution in [-0.2, 0) is 0 Å². The van der Waals surface area contributed by atoms with Crippen molar-refractivity contribution in [1.29, 1.82) is 0 Å². The van der Waals surface area contributed by atoms with Gasteiger partial charge in [-0.3, -0.25) is 0 Å². The fourth-order valence-corrected chi connectivity index (χ4v) is 2.86. The van der Waals surface area contributed by atoms with Crippen LogP contribution in [0.2, 0.25) is 5.02 Å². The Bertz CT molecular complexity index is 729. The maximum atomic E-state index is 12.2. The summed E-state index contributed by atoms with van der Waals surface area (Å²) < 4.78 is 28.6. The van der Waals surface area contributed by atoms with Gasteiger partial charge < -0.3 is 20.3 Å². The van der Waals surface area contributed by atoms with Gasteiger partial charge in [0.25, 0.3) is 0 Å². The van der Waals surface area contributed by atoms with Crippen molar-refractivity contribution in [2.75, 3.05) is 26.0 Å². The molecule has 1 atom stereocenters. The summed E-state index contributed by atoms with van der Waals surface area (Å²) in [6.45, 7) is -2.29. The number of alkyl halides is 2. The third kappa shape index (κ3) is 6.09. The van der Waals surface area contributed by atoms with Gasteiger partial charge >= 0.3 is 6.61 Å². The van der Waals surface area contributed by atoms with Gasteiger partial charge in [0.2, 0.25) is 0 Å². The van der Waals surface area contributed by atoms with Crippen molar-refractivity contribution in [3.63, 3.8) is 0 Å². The van der Waals surface area contributed by atoms with Crippen LogP contribution in [0.25, 0.3) is 0 Å². The molecular formula is C18H20ClF2N3OS. The molecule has 0 saturated carbocycles. The van der Waals surface area contributed by atoms with E-state index in [1.54, 1.807) is 12.1 Å². The molecule has 2 aromatic rings. The van der Waals surface area contributed by atoms with Crippen LogP contribution in [0.15, 0.2) is 48.5 Å². The Hall–Kier alpha value is -1.96. The van der Waals surface area contributed by atoms with Gasteiger partial charge in [-0.15, -0.1) is 0 Å². The van der Waals surface area contributed by atoms with E-state index in [1.165, 1.54) is 12.1 Å². The molecule has 0 bridgehead atoms. The predicted octanol–water partition coefficient (Wildman–Crippen LogP) is 4.53. The van der Waals surface area contributed by atoms with Crippen molar-refractivity contribution in [1.82, 2.24) is 10.2 Å². The van der Waals surface area contributed by atoms with E-state index in [9.17, 15) is 8.78 Å². The monoisotopic (exact) mass is 399 g/mol. The lowest BCUT2D eigenvalue weighted by atomic mass is 10.1. The van der Waals surface area contributed by atoms with Crippen LogP contribution >= 0.6 is 23.8 Å². The molecule has 8 heteroatoms. The van der Waals surface area contributed by atoms with E-state index < -0.39 is 6.61 Å². The van der Waals surface area contributed by atoms with E-state index in [0.29, 0.717) is 22.4 Å². The number of thiocarbonyl (C=S) groups is 1. The van der Waals surface area contributed by atoms with Gasteiger partial charge in [0.15, 0.2) is 5.11 Å². The highest BCUT2D eigenvalue weighted by Gasteiger charge is 2.17. The second kappa shape index (κ2) is 9.66. The van der Waals surface area contributed by atoms with Crippen LogP contribution in [0.1, 0.15) is 11.6 Å². The summed E-state index contributed by atoms with van der Waals surface area (Å²) in [5.74, 6) is 0.0934. The molecule has 4 nitrogen and oxygen atoms in total. The maximum absolute atomic E-state index is 12.2. The van der Waals surface area contributed by atoms with Crippen LogP contribution in [0.4, 0.5) is 14.5 Å². The highest BCUT2D eigenvalue weighted by atomic mass is 35.5. The summed E-state index contributed by atoms with van der Waals surface area (Å²) >= 11 is 11.6. The number of likely N-dealkylation sites (N-methyl/N-ethyl adjacent to an activating group) is 1. The molecule has 0 amide bonds. The summed E-state index contributed by atoms with van der Waals surface area (Å²) in [4.78, 5) is 2.05. The van der Waals surface area contributed by atoms with Crippen molar-refractivity contribution in [2.45, 2.75) is 12.7 Å². The molecule has 0 unspecified atom stereocenters. The lowest BCUT2D eigenvalue weighted by molar-refractivity contribution is -0.0498. The average Bonchev–Trinajstić information content (AvgIpc) is 2.57. The lowest BCUT2D eigenvalue weighted by Crippen LogP contribution is -2.36. The number of rotatable bonds is 7. The average molecular weight is 400 g/mol. The van der Waals surface area contributed by atoms with Crippen LogP contribution in [0, 0.1) is 0 Å². The standard InChI is InChI=1S/C18H20ClF2N3OS/c1-24(2)16(14-5-3-4-6-15(14)19)11-22-18(26)23-12-7-9-13(10-8-12)25-17(20)21/h3-10,16-17H,11H2,1-2H3,(H2,22,23,26)/t16-/m1/s1. The van der Waals surface area contributed by atoms with Gasteiger partial charge in [-0.1, -0.05) is 29.8 Å². The second-order valence-corrected chi connectivity index (χ2v) is 6.55. The highest BCUT2D eigenvalue weighted by Crippen LogP contribution is 2.25. The van der Waals surface area contributed by atoms with Crippen molar-refractivity contribution < 1.29 is 13.5 Å². The fraction of sp³-hybridized carbons (Fsp3) is 0.278. The second-order valence-electron chi connectivity index (χ2n) is 5.74. The largest absolute Gasteiger partial charge is 0.435 e. The Morgan fingerprint density at radius 3 is 2.38 bits per heavy atom. The van der Waals surface area contributed by atoms with Gasteiger partial charge in [0.1, 0.15) is 5.75 Å². The smallest absolute Gasteiger partial charge is 0.387 e. The topological polar surface area (TPSA) is 36.5 Å². The summed E-state index contributed by atoms with van der Waals surface area (Å²) in [6.07, 6.45) is 0. The van der Waals surface area contributed by atoms with Gasteiger partial charge in [-0.25, -0.2) is 0 Å². The Kier molecular flexibility index (Phi) is 7.56. The van der Waals surface area contributed by atoms with E-state index >= 15 is 0 Å². The number of benzene rings is 2. The molecule has 0 aliphatic heterocycles. The minimum absolute atomic E-state index is 0.0327. The first kappa shape index (κ1) is 20.4. The third-order valence-electron chi connectivity index (χ3n) is 3.68. The number of nitrogens with one attached hydrogen (secondary N) is 2. The molecule has 2 rings (SSSR count). The predicted molar refractivity (Wildman–Crippen MR) is 105 cm³/mol. The zero-order valence-electron chi connectivity index (χ0n) is 14.4. The van der Waals surface area contributed by atoms with Crippen molar-refractivity contribution >= 4 is 34.6 Å². The number of ether oxygens (including phenoxy) is 1. The lowest BCUT2D eigenvalue weighted by Gasteiger charge is -2.26. The molecule has 0 aliphatic carbocycles. The van der Waals surface area contributed by atoms with Crippen LogP contribution in [0.5, 0.6) is 5.75 Å². The molecule has 0 aromatic heterocycles. The first-order valence-electron chi connectivity index (χ1n) is 7.87. The zero-order valence-corrected chi connectivity index (χ0v) is 16.0. The van der Waals surface area contributed by atoms with Crippen LogP contribution in [-0.4, -0.2) is 37.3 Å². The molecule has 0 saturated heterocycles. The quantitative estimate of drug-likeness (QED) is 0.669. The van der Waals surface area contributed by atoms with Gasteiger partial charge in [-0.05, 0) is 62.2 Å². The Balaban J connectivity index is 1.93.